The molecule has 0 spiro atoms. The number of aliphatic hydroxyl groups excluding tert-OH is 2. The van der Waals surface area contributed by atoms with Crippen molar-refractivity contribution < 1.29 is 33.9 Å². The number of aliphatic hydroxyl groups is 2. The summed E-state index contributed by atoms with van der Waals surface area (Å²) in [5.41, 5.74) is 1.03. The Balaban J connectivity index is 2.26. The Morgan fingerprint density at radius 2 is 1.16 bits per heavy atom. The number of hydrogen-bond acceptors (Lipinski definition) is 8. The molecule has 1 saturated carbocycles. The van der Waals surface area contributed by atoms with E-state index in [-0.39, 0.29) is 42.4 Å². The Morgan fingerprint density at radius 3 is 1.75 bits per heavy atom. The molecule has 8 heteroatoms. The molecule has 0 saturated heterocycles. The van der Waals surface area contributed by atoms with Crippen LogP contribution in [-0.4, -0.2) is 92.5 Å². The highest BCUT2D eigenvalue weighted by Gasteiger charge is 2.48. The summed E-state index contributed by atoms with van der Waals surface area (Å²) in [6, 6.07) is 9.76. The Kier molecular flexibility index (Phi) is 29.8. The summed E-state index contributed by atoms with van der Waals surface area (Å²) < 4.78 is 33.4. The van der Waals surface area contributed by atoms with Crippen molar-refractivity contribution in [3.8, 4) is 0 Å². The van der Waals surface area contributed by atoms with Gasteiger partial charge in [0.15, 0.2) is 0 Å². The fraction of sp³-hybridized carbons (Fsp3) is 0.878. The number of unbranched alkanes of at least 4 members (excludes halogenated alkanes) is 12. The molecule has 3 N–H and O–H groups in total. The van der Waals surface area contributed by atoms with Gasteiger partial charge in [0.1, 0.15) is 12.2 Å². The van der Waals surface area contributed by atoms with Gasteiger partial charge in [0.05, 0.1) is 43.7 Å². The van der Waals surface area contributed by atoms with E-state index in [1.54, 1.807) is 0 Å². The van der Waals surface area contributed by atoms with Gasteiger partial charge in [-0.25, -0.2) is 0 Å². The number of benzene rings is 1. The van der Waals surface area contributed by atoms with E-state index in [9.17, 15) is 10.2 Å². The van der Waals surface area contributed by atoms with Crippen molar-refractivity contribution in [2.75, 3.05) is 39.6 Å². The third kappa shape index (κ3) is 22.4. The van der Waals surface area contributed by atoms with Crippen LogP contribution in [0.3, 0.4) is 0 Å². The largest absolute Gasteiger partial charge is 0.390 e. The molecule has 3 unspecified atom stereocenters. The summed E-state index contributed by atoms with van der Waals surface area (Å²) in [5.74, 6) is 0.0782. The van der Waals surface area contributed by atoms with E-state index in [0.29, 0.717) is 45.8 Å². The molecule has 1 fully saturated rings. The quantitative estimate of drug-likeness (QED) is 0.0572. The molecule has 1 aromatic rings. The molecule has 1 aliphatic carbocycles. The highest BCUT2D eigenvalue weighted by Crippen LogP contribution is 2.36. The highest BCUT2D eigenvalue weighted by atomic mass is 16.6. The second kappa shape index (κ2) is 32.6. The summed E-state index contributed by atoms with van der Waals surface area (Å²) in [4.78, 5) is 0. The number of hydrogen-bond donors (Lipinski definition) is 3. The Bertz CT molecular complexity index is 1040. The van der Waals surface area contributed by atoms with Crippen LogP contribution in [0.1, 0.15) is 182 Å². The summed E-state index contributed by atoms with van der Waals surface area (Å²) >= 11 is 0. The van der Waals surface area contributed by atoms with Crippen LogP contribution in [0.2, 0.25) is 0 Å². The first-order chi connectivity index (χ1) is 27.7. The zero-order valence-corrected chi connectivity index (χ0v) is 38.0. The van der Waals surface area contributed by atoms with Gasteiger partial charge >= 0.3 is 0 Å². The van der Waals surface area contributed by atoms with Crippen LogP contribution >= 0.6 is 0 Å². The molecule has 57 heavy (non-hydrogen) atoms. The van der Waals surface area contributed by atoms with E-state index >= 15 is 0 Å². The molecule has 0 aromatic heterocycles. The maximum atomic E-state index is 11.9. The minimum Gasteiger partial charge on any atom is -0.390 e. The monoisotopic (exact) mass is 806 g/mol. The molecule has 8 atom stereocenters. The minimum absolute atomic E-state index is 0.0782. The van der Waals surface area contributed by atoms with E-state index in [0.717, 1.165) is 76.4 Å². The van der Waals surface area contributed by atoms with Gasteiger partial charge in [-0.1, -0.05) is 162 Å². The first-order valence-electron chi connectivity index (χ1n) is 23.9. The summed E-state index contributed by atoms with van der Waals surface area (Å²) in [6.07, 6.45) is 19.2. The van der Waals surface area contributed by atoms with E-state index in [1.807, 2.05) is 18.2 Å². The maximum absolute atomic E-state index is 11.9. The van der Waals surface area contributed by atoms with Crippen LogP contribution in [0.5, 0.6) is 0 Å². The van der Waals surface area contributed by atoms with Gasteiger partial charge in [-0.2, -0.15) is 0 Å². The van der Waals surface area contributed by atoms with Crippen LogP contribution in [0, 0.1) is 11.3 Å². The van der Waals surface area contributed by atoms with Crippen LogP contribution in [0.25, 0.3) is 0 Å². The van der Waals surface area contributed by atoms with Crippen molar-refractivity contribution >= 4 is 0 Å². The topological polar surface area (TPSA) is 98.6 Å². The molecular formula is C49H91NO7. The maximum Gasteiger partial charge on any atom is 0.113 e. The van der Waals surface area contributed by atoms with E-state index < -0.39 is 18.2 Å². The molecule has 0 bridgehead atoms. The summed E-state index contributed by atoms with van der Waals surface area (Å²) in [5, 5.41) is 27.2. The lowest BCUT2D eigenvalue weighted by atomic mass is 9.79. The van der Waals surface area contributed by atoms with Gasteiger partial charge in [-0.05, 0) is 55.9 Å². The average Bonchev–Trinajstić information content (AvgIpc) is 3.20. The zero-order valence-electron chi connectivity index (χ0n) is 38.0. The van der Waals surface area contributed by atoms with Crippen LogP contribution in [-0.2, 0) is 30.2 Å². The molecule has 334 valence electrons. The third-order valence-electron chi connectivity index (χ3n) is 11.8. The predicted octanol–water partition coefficient (Wildman–Crippen LogP) is 11.0. The fourth-order valence-corrected chi connectivity index (χ4v) is 8.08. The average molecular weight is 806 g/mol. The molecule has 1 aliphatic rings. The van der Waals surface area contributed by atoms with Crippen molar-refractivity contribution in [2.24, 2.45) is 11.3 Å². The molecule has 0 radical (unpaired) electrons. The smallest absolute Gasteiger partial charge is 0.113 e. The molecule has 1 aromatic carbocycles. The molecule has 8 nitrogen and oxygen atoms in total. The lowest BCUT2D eigenvalue weighted by molar-refractivity contribution is -0.227. The number of nitrogens with one attached hydrogen (secondary N) is 1. The van der Waals surface area contributed by atoms with Crippen molar-refractivity contribution in [1.82, 2.24) is 5.32 Å². The first kappa shape index (κ1) is 52.0. The predicted molar refractivity (Wildman–Crippen MR) is 237 cm³/mol. The minimum atomic E-state index is -1.01. The van der Waals surface area contributed by atoms with Gasteiger partial charge in [-0.3, -0.25) is 0 Å². The van der Waals surface area contributed by atoms with Gasteiger partial charge < -0.3 is 39.2 Å². The van der Waals surface area contributed by atoms with Gasteiger partial charge in [0, 0.05) is 38.9 Å². The van der Waals surface area contributed by atoms with E-state index in [4.69, 9.17) is 23.7 Å². The van der Waals surface area contributed by atoms with Crippen molar-refractivity contribution in [3.63, 3.8) is 0 Å². The standard InChI is InChI=1S/C49H91NO7/c1-8-13-18-19-20-21-22-23-27-30-49(6,7)36-43(51)45(52)42(50-37-40-28-25-24-26-29-40)39-57-44-35-41(38-53-31-14-9-2)46(54-32-15-10-3)48(56-34-17-12-5)47(44)55-33-16-11-4/h24-26,28-29,41-48,50-52H,8-23,27,30-39H2,1-7H3/t41?,42-,43+,44-,45-,46-,47?,48?/m0/s1. The lowest BCUT2D eigenvalue weighted by Gasteiger charge is -2.46. The van der Waals surface area contributed by atoms with Gasteiger partial charge in [-0.15, -0.1) is 0 Å². The zero-order chi connectivity index (χ0) is 41.6. The fourth-order valence-electron chi connectivity index (χ4n) is 8.08. The Morgan fingerprint density at radius 1 is 0.632 bits per heavy atom. The van der Waals surface area contributed by atoms with Crippen LogP contribution in [0.4, 0.5) is 0 Å². The Hall–Kier alpha value is -1.10. The van der Waals surface area contributed by atoms with E-state index in [2.05, 4.69) is 65.9 Å². The van der Waals surface area contributed by atoms with Crippen LogP contribution < -0.4 is 5.32 Å². The van der Waals surface area contributed by atoms with Crippen molar-refractivity contribution in [2.45, 2.75) is 226 Å². The summed E-state index contributed by atoms with van der Waals surface area (Å²) in [6.45, 7) is 19.5. The van der Waals surface area contributed by atoms with E-state index in [1.165, 1.54) is 51.4 Å². The molecule has 2 rings (SSSR count). The van der Waals surface area contributed by atoms with Crippen LogP contribution in [0.15, 0.2) is 30.3 Å². The normalized spacial score (nSPS) is 21.8. The van der Waals surface area contributed by atoms with Gasteiger partial charge in [0.25, 0.3) is 0 Å². The molecule has 0 amide bonds. The second-order valence-corrected chi connectivity index (χ2v) is 17.8. The lowest BCUT2D eigenvalue weighted by Crippen LogP contribution is -2.59. The third-order valence-corrected chi connectivity index (χ3v) is 11.8. The molecule has 0 heterocycles. The van der Waals surface area contributed by atoms with Gasteiger partial charge in [0.2, 0.25) is 0 Å². The molecule has 0 aliphatic heterocycles. The molecular weight excluding hydrogens is 715 g/mol. The highest BCUT2D eigenvalue weighted by molar-refractivity contribution is 5.14. The second-order valence-electron chi connectivity index (χ2n) is 17.8. The van der Waals surface area contributed by atoms with Crippen molar-refractivity contribution in [1.29, 1.82) is 0 Å². The SMILES string of the molecule is CCCCCCCCCCCC(C)(C)C[C@@H](O)[C@@H](O)[C@H](CO[C@H]1CC(COCCCC)[C@H](OCCCC)C(OCCCC)C1OCCCC)NCc1ccccc1. The summed E-state index contributed by atoms with van der Waals surface area (Å²) in [7, 11) is 0. The van der Waals surface area contributed by atoms with Crippen molar-refractivity contribution in [3.05, 3.63) is 35.9 Å². The number of rotatable bonds is 37. The Labute approximate surface area is 351 Å². The first-order valence-corrected chi connectivity index (χ1v) is 23.9. The number of ether oxygens (including phenoxy) is 5.